The quantitative estimate of drug-likeness (QED) is 0.825. The number of ether oxygens (including phenoxy) is 1. The Balaban J connectivity index is 2.02. The van der Waals surface area contributed by atoms with Crippen LogP contribution in [-0.2, 0) is 20.7 Å². The van der Waals surface area contributed by atoms with E-state index in [1.807, 2.05) is 0 Å². The number of halogens is 2. The standard InChI is InChI=1S/C17H21F2NO4/c1-11(8-16(22)23)15(21)3-2-12-9-13(18)17(14(19)10-12)20-4-6-24-7-5-20/h9-11H,2-8H2,1H3,(H,22,23). The SMILES string of the molecule is CC(CC(=O)O)C(=O)CCc1cc(F)c(N2CCOCC2)c(F)c1. The number of aliphatic carboxylic acids is 1. The van der Waals surface area contributed by atoms with Crippen LogP contribution in [-0.4, -0.2) is 43.2 Å². The largest absolute Gasteiger partial charge is 0.481 e. The van der Waals surface area contributed by atoms with Crippen LogP contribution in [0.2, 0.25) is 0 Å². The zero-order valence-corrected chi connectivity index (χ0v) is 13.6. The van der Waals surface area contributed by atoms with Crippen LogP contribution in [0.3, 0.4) is 0 Å². The van der Waals surface area contributed by atoms with Gasteiger partial charge >= 0.3 is 5.97 Å². The molecule has 24 heavy (non-hydrogen) atoms. The highest BCUT2D eigenvalue weighted by Gasteiger charge is 2.21. The number of rotatable bonds is 7. The molecule has 1 fully saturated rings. The topological polar surface area (TPSA) is 66.8 Å². The molecule has 0 spiro atoms. The van der Waals surface area contributed by atoms with Crippen molar-refractivity contribution in [1.29, 1.82) is 0 Å². The summed E-state index contributed by atoms with van der Waals surface area (Å²) in [7, 11) is 0. The van der Waals surface area contributed by atoms with Crippen molar-refractivity contribution in [3.05, 3.63) is 29.3 Å². The normalized spacial score (nSPS) is 16.0. The Kier molecular flexibility index (Phi) is 6.25. The molecule has 7 heteroatoms. The predicted octanol–water partition coefficient (Wildman–Crippen LogP) is 2.41. The summed E-state index contributed by atoms with van der Waals surface area (Å²) in [5.74, 6) is -3.18. The van der Waals surface area contributed by atoms with Gasteiger partial charge in [0.05, 0.1) is 19.6 Å². The summed E-state index contributed by atoms with van der Waals surface area (Å²) in [5.41, 5.74) is 0.325. The van der Waals surface area contributed by atoms with Crippen molar-refractivity contribution in [2.75, 3.05) is 31.2 Å². The number of ketones is 1. The molecular formula is C17H21F2NO4. The molecule has 1 unspecified atom stereocenters. The van der Waals surface area contributed by atoms with Gasteiger partial charge < -0.3 is 14.7 Å². The van der Waals surface area contributed by atoms with Crippen LogP contribution < -0.4 is 4.90 Å². The molecule has 1 heterocycles. The van der Waals surface area contributed by atoms with Crippen LogP contribution in [0.1, 0.15) is 25.3 Å². The molecule has 1 aliphatic heterocycles. The lowest BCUT2D eigenvalue weighted by molar-refractivity contribution is -0.140. The Labute approximate surface area is 139 Å². The number of hydrogen-bond donors (Lipinski definition) is 1. The van der Waals surface area contributed by atoms with Gasteiger partial charge in [0.1, 0.15) is 23.1 Å². The van der Waals surface area contributed by atoms with E-state index in [0.717, 1.165) is 0 Å². The molecule has 1 aliphatic rings. The van der Waals surface area contributed by atoms with E-state index in [1.54, 1.807) is 11.8 Å². The second-order valence-corrected chi connectivity index (χ2v) is 5.97. The molecule has 0 saturated carbocycles. The second-order valence-electron chi connectivity index (χ2n) is 5.97. The van der Waals surface area contributed by atoms with Crippen LogP contribution in [0.25, 0.3) is 0 Å². The first kappa shape index (κ1) is 18.3. The molecule has 5 nitrogen and oxygen atoms in total. The van der Waals surface area contributed by atoms with E-state index in [0.29, 0.717) is 31.9 Å². The molecule has 1 atom stereocenters. The first-order chi connectivity index (χ1) is 11.4. The van der Waals surface area contributed by atoms with Gasteiger partial charge in [-0.1, -0.05) is 6.92 Å². The maximum absolute atomic E-state index is 14.3. The third kappa shape index (κ3) is 4.74. The summed E-state index contributed by atoms with van der Waals surface area (Å²) < 4.78 is 33.7. The van der Waals surface area contributed by atoms with Gasteiger partial charge in [-0.25, -0.2) is 8.78 Å². The molecule has 0 amide bonds. The molecule has 1 saturated heterocycles. The Bertz CT molecular complexity index is 592. The van der Waals surface area contributed by atoms with E-state index in [1.165, 1.54) is 12.1 Å². The average Bonchev–Trinajstić information content (AvgIpc) is 2.52. The van der Waals surface area contributed by atoms with Gasteiger partial charge in [0, 0.05) is 25.4 Å². The highest BCUT2D eigenvalue weighted by atomic mass is 19.1. The number of carboxylic acids is 1. The molecular weight excluding hydrogens is 320 g/mol. The van der Waals surface area contributed by atoms with Crippen molar-refractivity contribution >= 4 is 17.4 Å². The van der Waals surface area contributed by atoms with E-state index >= 15 is 0 Å². The zero-order valence-electron chi connectivity index (χ0n) is 13.6. The summed E-state index contributed by atoms with van der Waals surface area (Å²) in [6.07, 6.45) is 0.00176. The Morgan fingerprint density at radius 2 is 1.83 bits per heavy atom. The van der Waals surface area contributed by atoms with Crippen molar-refractivity contribution in [3.63, 3.8) is 0 Å². The number of nitrogens with zero attached hydrogens (tertiary/aromatic N) is 1. The summed E-state index contributed by atoms with van der Waals surface area (Å²) in [6.45, 7) is 3.25. The smallest absolute Gasteiger partial charge is 0.304 e. The van der Waals surface area contributed by atoms with E-state index in [-0.39, 0.29) is 30.7 Å². The zero-order chi connectivity index (χ0) is 17.7. The molecule has 1 aromatic rings. The molecule has 2 rings (SSSR count). The molecule has 1 aromatic carbocycles. The first-order valence-corrected chi connectivity index (χ1v) is 7.93. The van der Waals surface area contributed by atoms with Crippen molar-refractivity contribution in [3.8, 4) is 0 Å². The second kappa shape index (κ2) is 8.19. The van der Waals surface area contributed by atoms with Crippen molar-refractivity contribution < 1.29 is 28.2 Å². The van der Waals surface area contributed by atoms with Crippen LogP contribution in [0.5, 0.6) is 0 Å². The fraction of sp³-hybridized carbons (Fsp3) is 0.529. The molecule has 0 aliphatic carbocycles. The maximum atomic E-state index is 14.3. The summed E-state index contributed by atoms with van der Waals surface area (Å²) in [4.78, 5) is 24.1. The fourth-order valence-electron chi connectivity index (χ4n) is 2.74. The van der Waals surface area contributed by atoms with Crippen LogP contribution in [0.15, 0.2) is 12.1 Å². The third-order valence-electron chi connectivity index (χ3n) is 4.09. The number of morpholine rings is 1. The minimum Gasteiger partial charge on any atom is -0.481 e. The Morgan fingerprint density at radius 3 is 2.38 bits per heavy atom. The highest BCUT2D eigenvalue weighted by molar-refractivity contribution is 5.84. The fourth-order valence-corrected chi connectivity index (χ4v) is 2.74. The highest BCUT2D eigenvalue weighted by Crippen LogP contribution is 2.26. The molecule has 132 valence electrons. The van der Waals surface area contributed by atoms with Crippen molar-refractivity contribution in [2.24, 2.45) is 5.92 Å². The number of anilines is 1. The number of Topliss-reactive ketones (excluding diaryl/α,β-unsaturated/α-hetero) is 1. The maximum Gasteiger partial charge on any atom is 0.304 e. The number of aryl methyl sites for hydroxylation is 1. The lowest BCUT2D eigenvalue weighted by Crippen LogP contribution is -2.37. The van der Waals surface area contributed by atoms with Crippen LogP contribution >= 0.6 is 0 Å². The van der Waals surface area contributed by atoms with Crippen molar-refractivity contribution in [2.45, 2.75) is 26.2 Å². The minimum absolute atomic E-state index is 0.0597. The van der Waals surface area contributed by atoms with Gasteiger partial charge in [-0.2, -0.15) is 0 Å². The number of carboxylic acid groups (broad SMARTS) is 1. The summed E-state index contributed by atoms with van der Waals surface area (Å²) >= 11 is 0. The lowest BCUT2D eigenvalue weighted by atomic mass is 9.96. The van der Waals surface area contributed by atoms with E-state index in [4.69, 9.17) is 9.84 Å². The summed E-state index contributed by atoms with van der Waals surface area (Å²) in [6, 6.07) is 2.48. The minimum atomic E-state index is -1.04. The molecule has 0 radical (unpaired) electrons. The monoisotopic (exact) mass is 341 g/mol. The van der Waals surface area contributed by atoms with Gasteiger partial charge in [-0.15, -0.1) is 0 Å². The van der Waals surface area contributed by atoms with E-state index in [9.17, 15) is 18.4 Å². The van der Waals surface area contributed by atoms with Gasteiger partial charge in [0.2, 0.25) is 0 Å². The van der Waals surface area contributed by atoms with Gasteiger partial charge in [0.15, 0.2) is 0 Å². The number of hydrogen-bond acceptors (Lipinski definition) is 4. The van der Waals surface area contributed by atoms with Gasteiger partial charge in [0.25, 0.3) is 0 Å². The Morgan fingerprint density at radius 1 is 1.25 bits per heavy atom. The molecule has 1 N–H and O–H groups in total. The van der Waals surface area contributed by atoms with Gasteiger partial charge in [-0.3, -0.25) is 9.59 Å². The lowest BCUT2D eigenvalue weighted by Gasteiger charge is -2.29. The molecule has 0 bridgehead atoms. The number of carbonyl (C=O) groups excluding carboxylic acids is 1. The van der Waals surface area contributed by atoms with Crippen LogP contribution in [0.4, 0.5) is 14.5 Å². The van der Waals surface area contributed by atoms with Crippen LogP contribution in [0, 0.1) is 17.6 Å². The molecule has 0 aromatic heterocycles. The van der Waals surface area contributed by atoms with E-state index < -0.39 is 23.5 Å². The van der Waals surface area contributed by atoms with Crippen molar-refractivity contribution in [1.82, 2.24) is 0 Å². The first-order valence-electron chi connectivity index (χ1n) is 7.93. The number of benzene rings is 1. The summed E-state index contributed by atoms with van der Waals surface area (Å²) in [5, 5.41) is 8.68. The number of carbonyl (C=O) groups is 2. The third-order valence-corrected chi connectivity index (χ3v) is 4.09. The average molecular weight is 341 g/mol. The Hall–Kier alpha value is -2.02. The predicted molar refractivity (Wildman–Crippen MR) is 84.1 cm³/mol. The van der Waals surface area contributed by atoms with E-state index in [2.05, 4.69) is 0 Å². The van der Waals surface area contributed by atoms with Gasteiger partial charge in [-0.05, 0) is 24.1 Å².